The van der Waals surface area contributed by atoms with Gasteiger partial charge in [0, 0.05) is 11.7 Å². The Labute approximate surface area is 83.1 Å². The van der Waals surface area contributed by atoms with Crippen LogP contribution in [0.3, 0.4) is 0 Å². The molecule has 3 heteroatoms. The van der Waals surface area contributed by atoms with E-state index in [9.17, 15) is 4.79 Å². The highest BCUT2D eigenvalue weighted by atomic mass is 16.5. The van der Waals surface area contributed by atoms with Gasteiger partial charge in [0.1, 0.15) is 0 Å². The number of methoxy groups -OCH3 is 1. The van der Waals surface area contributed by atoms with Crippen LogP contribution in [-0.2, 0) is 4.74 Å². The van der Waals surface area contributed by atoms with Gasteiger partial charge < -0.3 is 10.1 Å². The van der Waals surface area contributed by atoms with Gasteiger partial charge in [-0.1, -0.05) is 0 Å². The molecule has 2 rings (SSSR count). The lowest BCUT2D eigenvalue weighted by atomic mass is 10.2. The highest BCUT2D eigenvalue weighted by Crippen LogP contribution is 2.24. The smallest absolute Gasteiger partial charge is 0.337 e. The fourth-order valence-corrected chi connectivity index (χ4v) is 1.28. The van der Waals surface area contributed by atoms with Gasteiger partial charge in [-0.05, 0) is 37.1 Å². The van der Waals surface area contributed by atoms with E-state index in [0.717, 1.165) is 5.69 Å². The van der Waals surface area contributed by atoms with Crippen LogP contribution in [0.2, 0.25) is 0 Å². The normalized spacial score (nSPS) is 14.9. The highest BCUT2D eigenvalue weighted by Gasteiger charge is 2.20. The Kier molecular flexibility index (Phi) is 2.39. The van der Waals surface area contributed by atoms with Gasteiger partial charge in [-0.3, -0.25) is 0 Å². The molecule has 1 aliphatic rings. The van der Waals surface area contributed by atoms with Gasteiger partial charge in [0.05, 0.1) is 12.7 Å². The minimum atomic E-state index is -0.289. The van der Waals surface area contributed by atoms with Crippen LogP contribution in [0.15, 0.2) is 24.3 Å². The summed E-state index contributed by atoms with van der Waals surface area (Å²) in [5.74, 6) is -0.289. The van der Waals surface area contributed by atoms with Gasteiger partial charge in [-0.25, -0.2) is 4.79 Å². The number of carbonyl (C=O) groups excluding carboxylic acids is 1. The van der Waals surface area contributed by atoms with Crippen LogP contribution in [0.25, 0.3) is 0 Å². The van der Waals surface area contributed by atoms with Crippen LogP contribution < -0.4 is 5.32 Å². The number of anilines is 1. The molecule has 0 aromatic heterocycles. The van der Waals surface area contributed by atoms with Crippen molar-refractivity contribution in [1.29, 1.82) is 0 Å². The molecule has 0 bridgehead atoms. The Morgan fingerprint density at radius 2 is 2.00 bits per heavy atom. The lowest BCUT2D eigenvalue weighted by Gasteiger charge is -2.04. The van der Waals surface area contributed by atoms with Crippen molar-refractivity contribution >= 4 is 11.7 Å². The summed E-state index contributed by atoms with van der Waals surface area (Å²) in [5.41, 5.74) is 1.66. The van der Waals surface area contributed by atoms with E-state index in [1.165, 1.54) is 20.0 Å². The number of nitrogens with one attached hydrogen (secondary N) is 1. The molecule has 0 spiro atoms. The Hall–Kier alpha value is -1.51. The van der Waals surface area contributed by atoms with Crippen molar-refractivity contribution in [1.82, 2.24) is 0 Å². The number of esters is 1. The first-order valence-electron chi connectivity index (χ1n) is 4.74. The van der Waals surface area contributed by atoms with Crippen molar-refractivity contribution in [2.75, 3.05) is 12.4 Å². The second kappa shape index (κ2) is 3.70. The van der Waals surface area contributed by atoms with Crippen molar-refractivity contribution in [3.8, 4) is 0 Å². The number of benzene rings is 1. The molecular weight excluding hydrogens is 178 g/mol. The first-order valence-corrected chi connectivity index (χ1v) is 4.74. The lowest BCUT2D eigenvalue weighted by Crippen LogP contribution is -2.03. The molecule has 1 aromatic carbocycles. The third kappa shape index (κ3) is 2.05. The maximum absolute atomic E-state index is 11.1. The molecule has 3 nitrogen and oxygen atoms in total. The highest BCUT2D eigenvalue weighted by molar-refractivity contribution is 5.89. The predicted octanol–water partition coefficient (Wildman–Crippen LogP) is 2.05. The number of rotatable bonds is 3. The van der Waals surface area contributed by atoms with Crippen LogP contribution in [-0.4, -0.2) is 19.1 Å². The van der Waals surface area contributed by atoms with Crippen molar-refractivity contribution in [2.24, 2.45) is 0 Å². The third-order valence-corrected chi connectivity index (χ3v) is 2.25. The van der Waals surface area contributed by atoms with Crippen molar-refractivity contribution in [3.63, 3.8) is 0 Å². The van der Waals surface area contributed by atoms with E-state index in [1.807, 2.05) is 12.1 Å². The van der Waals surface area contributed by atoms with Gasteiger partial charge in [0.2, 0.25) is 0 Å². The zero-order valence-corrected chi connectivity index (χ0v) is 8.12. The molecule has 0 unspecified atom stereocenters. The second-order valence-corrected chi connectivity index (χ2v) is 3.49. The number of hydrogen-bond acceptors (Lipinski definition) is 3. The zero-order chi connectivity index (χ0) is 9.97. The minimum absolute atomic E-state index is 0.289. The summed E-state index contributed by atoms with van der Waals surface area (Å²) < 4.78 is 4.61. The molecule has 1 aromatic rings. The summed E-state index contributed by atoms with van der Waals surface area (Å²) >= 11 is 0. The summed E-state index contributed by atoms with van der Waals surface area (Å²) in [6.07, 6.45) is 2.50. The molecular formula is C11H13NO2. The molecule has 0 atom stereocenters. The SMILES string of the molecule is COC(=O)c1ccc(NC2CC2)cc1. The average Bonchev–Trinajstić information content (AvgIpc) is 3.02. The fraction of sp³-hybridized carbons (Fsp3) is 0.364. The molecule has 74 valence electrons. The minimum Gasteiger partial charge on any atom is -0.465 e. The standard InChI is InChI=1S/C11H13NO2/c1-14-11(13)8-2-4-9(5-3-8)12-10-6-7-10/h2-5,10,12H,6-7H2,1H3. The molecule has 14 heavy (non-hydrogen) atoms. The largest absolute Gasteiger partial charge is 0.465 e. The number of ether oxygens (including phenoxy) is 1. The van der Waals surface area contributed by atoms with E-state index in [4.69, 9.17) is 0 Å². The van der Waals surface area contributed by atoms with Crippen LogP contribution >= 0.6 is 0 Å². The molecule has 1 fully saturated rings. The Bertz CT molecular complexity index is 328. The van der Waals surface area contributed by atoms with Crippen LogP contribution in [0.1, 0.15) is 23.2 Å². The van der Waals surface area contributed by atoms with Gasteiger partial charge in [-0.2, -0.15) is 0 Å². The second-order valence-electron chi connectivity index (χ2n) is 3.49. The van der Waals surface area contributed by atoms with Crippen LogP contribution in [0, 0.1) is 0 Å². The molecule has 0 aliphatic heterocycles. The summed E-state index contributed by atoms with van der Waals surface area (Å²) in [7, 11) is 1.39. The topological polar surface area (TPSA) is 38.3 Å². The van der Waals surface area contributed by atoms with E-state index >= 15 is 0 Å². The average molecular weight is 191 g/mol. The zero-order valence-electron chi connectivity index (χ0n) is 8.12. The molecule has 0 radical (unpaired) electrons. The summed E-state index contributed by atoms with van der Waals surface area (Å²) in [5, 5.41) is 3.35. The summed E-state index contributed by atoms with van der Waals surface area (Å²) in [6, 6.07) is 8.00. The number of hydrogen-bond donors (Lipinski definition) is 1. The molecule has 1 aliphatic carbocycles. The van der Waals surface area contributed by atoms with E-state index < -0.39 is 0 Å². The molecule has 0 saturated heterocycles. The van der Waals surface area contributed by atoms with Crippen molar-refractivity contribution in [3.05, 3.63) is 29.8 Å². The van der Waals surface area contributed by atoms with E-state index in [0.29, 0.717) is 11.6 Å². The maximum Gasteiger partial charge on any atom is 0.337 e. The maximum atomic E-state index is 11.1. The molecule has 0 heterocycles. The lowest BCUT2D eigenvalue weighted by molar-refractivity contribution is 0.0601. The monoisotopic (exact) mass is 191 g/mol. The van der Waals surface area contributed by atoms with Gasteiger partial charge in [0.25, 0.3) is 0 Å². The first-order chi connectivity index (χ1) is 6.79. The number of carbonyl (C=O) groups is 1. The van der Waals surface area contributed by atoms with Crippen LogP contribution in [0.4, 0.5) is 5.69 Å². The van der Waals surface area contributed by atoms with E-state index in [-0.39, 0.29) is 5.97 Å². The summed E-state index contributed by atoms with van der Waals surface area (Å²) in [6.45, 7) is 0. The Morgan fingerprint density at radius 1 is 1.36 bits per heavy atom. The van der Waals surface area contributed by atoms with Crippen molar-refractivity contribution in [2.45, 2.75) is 18.9 Å². The first kappa shape index (κ1) is 9.06. The van der Waals surface area contributed by atoms with Crippen LogP contribution in [0.5, 0.6) is 0 Å². The van der Waals surface area contributed by atoms with Gasteiger partial charge in [-0.15, -0.1) is 0 Å². The molecule has 1 saturated carbocycles. The third-order valence-electron chi connectivity index (χ3n) is 2.25. The predicted molar refractivity (Wildman–Crippen MR) is 54.4 cm³/mol. The molecule has 0 amide bonds. The quantitative estimate of drug-likeness (QED) is 0.743. The van der Waals surface area contributed by atoms with Gasteiger partial charge >= 0.3 is 5.97 Å². The molecule has 1 N–H and O–H groups in total. The summed E-state index contributed by atoms with van der Waals surface area (Å²) in [4.78, 5) is 11.1. The Morgan fingerprint density at radius 3 is 2.50 bits per heavy atom. The fourth-order valence-electron chi connectivity index (χ4n) is 1.28. The Balaban J connectivity index is 2.04. The van der Waals surface area contributed by atoms with Crippen molar-refractivity contribution < 1.29 is 9.53 Å². The van der Waals surface area contributed by atoms with E-state index in [1.54, 1.807) is 12.1 Å². The van der Waals surface area contributed by atoms with Gasteiger partial charge in [0.15, 0.2) is 0 Å². The van der Waals surface area contributed by atoms with E-state index in [2.05, 4.69) is 10.1 Å².